The van der Waals surface area contributed by atoms with Gasteiger partial charge in [0.1, 0.15) is 11.6 Å². The second-order valence-electron chi connectivity index (χ2n) is 7.48. The molecule has 1 amide bonds. The number of carbonyl (C=O) groups is 1. The number of nitro groups is 1. The number of nitro benzene ring substituents is 1. The molecular formula is C24H19ClFN5O4S. The zero-order valence-corrected chi connectivity index (χ0v) is 20.4. The molecule has 4 rings (SSSR count). The Morgan fingerprint density at radius 2 is 1.89 bits per heavy atom. The molecule has 36 heavy (non-hydrogen) atoms. The van der Waals surface area contributed by atoms with E-state index < -0.39 is 16.9 Å². The van der Waals surface area contributed by atoms with E-state index in [1.165, 1.54) is 42.5 Å². The van der Waals surface area contributed by atoms with Crippen molar-refractivity contribution >= 4 is 40.6 Å². The molecule has 0 fully saturated rings. The molecule has 12 heteroatoms. The Balaban J connectivity index is 1.53. The molecule has 0 saturated carbocycles. The van der Waals surface area contributed by atoms with Crippen LogP contribution in [0.15, 0.2) is 78.0 Å². The maximum absolute atomic E-state index is 13.2. The van der Waals surface area contributed by atoms with Gasteiger partial charge >= 0.3 is 0 Å². The van der Waals surface area contributed by atoms with Gasteiger partial charge in [-0.25, -0.2) is 4.39 Å². The number of hydrogen-bond acceptors (Lipinski definition) is 7. The number of ether oxygens (including phenoxy) is 1. The van der Waals surface area contributed by atoms with Gasteiger partial charge in [0.25, 0.3) is 5.69 Å². The highest BCUT2D eigenvalue weighted by Crippen LogP contribution is 2.29. The second-order valence-corrected chi connectivity index (χ2v) is 8.83. The zero-order chi connectivity index (χ0) is 25.7. The lowest BCUT2D eigenvalue weighted by Gasteiger charge is -2.16. The number of rotatable bonds is 9. The topological polar surface area (TPSA) is 112 Å². The van der Waals surface area contributed by atoms with E-state index in [0.717, 1.165) is 17.4 Å². The molecule has 0 saturated heterocycles. The zero-order valence-electron chi connectivity index (χ0n) is 18.8. The van der Waals surface area contributed by atoms with E-state index in [9.17, 15) is 19.3 Å². The number of benzene rings is 3. The minimum atomic E-state index is -0.570. The molecule has 4 aromatic rings. The minimum absolute atomic E-state index is 0.0583. The number of thioether (sulfide) groups is 1. The van der Waals surface area contributed by atoms with Gasteiger partial charge < -0.3 is 10.1 Å². The summed E-state index contributed by atoms with van der Waals surface area (Å²) in [6.07, 6.45) is -0.546. The maximum atomic E-state index is 13.2. The molecule has 0 bridgehead atoms. The van der Waals surface area contributed by atoms with Gasteiger partial charge in [-0.1, -0.05) is 41.6 Å². The van der Waals surface area contributed by atoms with Crippen LogP contribution in [0.3, 0.4) is 0 Å². The van der Waals surface area contributed by atoms with Crippen molar-refractivity contribution in [2.24, 2.45) is 0 Å². The molecule has 0 spiro atoms. The summed E-state index contributed by atoms with van der Waals surface area (Å²) in [6, 6.07) is 18.8. The summed E-state index contributed by atoms with van der Waals surface area (Å²) >= 11 is 7.20. The Morgan fingerprint density at radius 1 is 1.17 bits per heavy atom. The van der Waals surface area contributed by atoms with E-state index in [1.54, 1.807) is 11.5 Å². The summed E-state index contributed by atoms with van der Waals surface area (Å²) in [5, 5.41) is 22.8. The van der Waals surface area contributed by atoms with Crippen LogP contribution in [0.1, 0.15) is 18.9 Å². The fourth-order valence-electron chi connectivity index (χ4n) is 3.27. The molecule has 1 atom stereocenters. The number of aromatic nitrogens is 3. The summed E-state index contributed by atoms with van der Waals surface area (Å²) in [5.74, 6) is 0.0917. The Hall–Kier alpha value is -3.96. The van der Waals surface area contributed by atoms with Gasteiger partial charge in [0.15, 0.2) is 17.1 Å². The first-order valence-corrected chi connectivity index (χ1v) is 12.0. The van der Waals surface area contributed by atoms with E-state index in [-0.39, 0.29) is 28.0 Å². The van der Waals surface area contributed by atoms with E-state index >= 15 is 0 Å². The van der Waals surface area contributed by atoms with E-state index in [4.69, 9.17) is 16.3 Å². The average molecular weight is 528 g/mol. The van der Waals surface area contributed by atoms with Gasteiger partial charge in [0.05, 0.1) is 21.4 Å². The number of halogens is 2. The van der Waals surface area contributed by atoms with E-state index in [1.807, 2.05) is 30.3 Å². The van der Waals surface area contributed by atoms with Gasteiger partial charge in [-0.15, -0.1) is 10.2 Å². The smallest absolute Gasteiger partial charge is 0.271 e. The first kappa shape index (κ1) is 25.1. The predicted octanol–water partition coefficient (Wildman–Crippen LogP) is 5.84. The van der Waals surface area contributed by atoms with Gasteiger partial charge in [0.2, 0.25) is 5.91 Å². The van der Waals surface area contributed by atoms with Crippen molar-refractivity contribution < 1.29 is 18.8 Å². The van der Waals surface area contributed by atoms with Crippen molar-refractivity contribution in [1.29, 1.82) is 0 Å². The lowest BCUT2D eigenvalue weighted by molar-refractivity contribution is -0.384. The van der Waals surface area contributed by atoms with Crippen LogP contribution in [-0.2, 0) is 4.79 Å². The van der Waals surface area contributed by atoms with Crippen molar-refractivity contribution in [3.8, 4) is 11.4 Å². The standard InChI is InChI=1S/C24H19ClFN5O4S/c1-15(35-19-10-7-16(26)8-11-19)23-28-29-24(30(23)17-5-3-2-4-6-17)36-14-22(32)27-21-13-18(31(33)34)9-12-20(21)25/h2-13,15H,14H2,1H3,(H,27,32). The molecule has 1 aromatic heterocycles. The van der Waals surface area contributed by atoms with Crippen molar-refractivity contribution in [3.63, 3.8) is 0 Å². The number of anilines is 1. The number of hydrogen-bond donors (Lipinski definition) is 1. The minimum Gasteiger partial charge on any atom is -0.483 e. The highest BCUT2D eigenvalue weighted by atomic mass is 35.5. The van der Waals surface area contributed by atoms with Crippen molar-refractivity contribution in [3.05, 3.63) is 99.6 Å². The molecule has 1 N–H and O–H groups in total. The lowest BCUT2D eigenvalue weighted by Crippen LogP contribution is -2.15. The van der Waals surface area contributed by atoms with E-state index in [2.05, 4.69) is 15.5 Å². The number of amides is 1. The van der Waals surface area contributed by atoms with Gasteiger partial charge in [-0.05, 0) is 49.4 Å². The third-order valence-electron chi connectivity index (χ3n) is 4.93. The number of nitrogens with zero attached hydrogens (tertiary/aromatic N) is 4. The highest BCUT2D eigenvalue weighted by molar-refractivity contribution is 7.99. The fourth-order valence-corrected chi connectivity index (χ4v) is 4.19. The largest absolute Gasteiger partial charge is 0.483 e. The summed E-state index contributed by atoms with van der Waals surface area (Å²) in [5.41, 5.74) is 0.714. The number of para-hydroxylation sites is 1. The van der Waals surface area contributed by atoms with Crippen LogP contribution in [0.25, 0.3) is 5.69 Å². The summed E-state index contributed by atoms with van der Waals surface area (Å²) in [4.78, 5) is 23.1. The first-order valence-electron chi connectivity index (χ1n) is 10.6. The van der Waals surface area contributed by atoms with Crippen LogP contribution in [0.4, 0.5) is 15.8 Å². The third kappa shape index (κ3) is 5.99. The Morgan fingerprint density at radius 3 is 2.58 bits per heavy atom. The Kier molecular flexibility index (Phi) is 7.81. The van der Waals surface area contributed by atoms with Crippen LogP contribution < -0.4 is 10.1 Å². The van der Waals surface area contributed by atoms with Gasteiger partial charge in [0, 0.05) is 17.8 Å². The number of nitrogens with one attached hydrogen (secondary N) is 1. The van der Waals surface area contributed by atoms with Gasteiger partial charge in [-0.2, -0.15) is 0 Å². The third-order valence-corrected chi connectivity index (χ3v) is 6.19. The van der Waals surface area contributed by atoms with E-state index in [0.29, 0.717) is 16.7 Å². The normalized spacial score (nSPS) is 11.6. The molecule has 3 aromatic carbocycles. The Labute approximate surface area is 214 Å². The maximum Gasteiger partial charge on any atom is 0.271 e. The molecule has 1 unspecified atom stereocenters. The Bertz CT molecular complexity index is 1390. The fraction of sp³-hybridized carbons (Fsp3) is 0.125. The summed E-state index contributed by atoms with van der Waals surface area (Å²) in [7, 11) is 0. The van der Waals surface area contributed by atoms with Crippen LogP contribution in [-0.4, -0.2) is 31.3 Å². The molecule has 1 heterocycles. The second kappa shape index (κ2) is 11.2. The monoisotopic (exact) mass is 527 g/mol. The molecule has 184 valence electrons. The summed E-state index contributed by atoms with van der Waals surface area (Å²) < 4.78 is 20.9. The molecule has 0 aliphatic rings. The highest BCUT2D eigenvalue weighted by Gasteiger charge is 2.22. The lowest BCUT2D eigenvalue weighted by atomic mass is 10.3. The van der Waals surface area contributed by atoms with Crippen LogP contribution in [0.2, 0.25) is 5.02 Å². The number of non-ortho nitro benzene ring substituents is 1. The quantitative estimate of drug-likeness (QED) is 0.165. The summed E-state index contributed by atoms with van der Waals surface area (Å²) in [6.45, 7) is 1.79. The van der Waals surface area contributed by atoms with Crippen molar-refractivity contribution in [2.45, 2.75) is 18.2 Å². The molecule has 9 nitrogen and oxygen atoms in total. The van der Waals surface area contributed by atoms with Crippen LogP contribution >= 0.6 is 23.4 Å². The van der Waals surface area contributed by atoms with Crippen molar-refractivity contribution in [1.82, 2.24) is 14.8 Å². The molecule has 0 aliphatic heterocycles. The van der Waals surface area contributed by atoms with Crippen molar-refractivity contribution in [2.75, 3.05) is 11.1 Å². The average Bonchev–Trinajstić information content (AvgIpc) is 3.30. The molecular weight excluding hydrogens is 509 g/mol. The first-order chi connectivity index (χ1) is 17.3. The molecule has 0 radical (unpaired) electrons. The predicted molar refractivity (Wildman–Crippen MR) is 134 cm³/mol. The van der Waals surface area contributed by atoms with Crippen LogP contribution in [0.5, 0.6) is 5.75 Å². The van der Waals surface area contributed by atoms with Gasteiger partial charge in [-0.3, -0.25) is 19.5 Å². The van der Waals surface area contributed by atoms with Crippen LogP contribution in [0, 0.1) is 15.9 Å². The molecule has 0 aliphatic carbocycles. The number of carbonyl (C=O) groups excluding carboxylic acids is 1. The SMILES string of the molecule is CC(Oc1ccc(F)cc1)c1nnc(SCC(=O)Nc2cc([N+](=O)[O-])ccc2Cl)n1-c1ccccc1.